The third kappa shape index (κ3) is 2.84. The lowest BCUT2D eigenvalue weighted by atomic mass is 10.2. The maximum Gasteiger partial charge on any atom is 0.227 e. The first-order chi connectivity index (χ1) is 7.78. The normalized spacial score (nSPS) is 10.1. The molecule has 0 saturated carbocycles. The second-order valence-electron chi connectivity index (χ2n) is 3.18. The molecule has 0 aliphatic heterocycles. The molecule has 5 heteroatoms. The van der Waals surface area contributed by atoms with Crippen LogP contribution >= 0.6 is 23.2 Å². The fourth-order valence-corrected chi connectivity index (χ4v) is 1.46. The summed E-state index contributed by atoms with van der Waals surface area (Å²) in [5.74, 6) is 1.03. The molecule has 0 bridgehead atoms. The average Bonchev–Trinajstić information content (AvgIpc) is 2.33. The predicted molar refractivity (Wildman–Crippen MR) is 66.3 cm³/mol. The highest BCUT2D eigenvalue weighted by Crippen LogP contribution is 2.15. The van der Waals surface area contributed by atoms with E-state index in [9.17, 15) is 0 Å². The van der Waals surface area contributed by atoms with E-state index in [1.54, 1.807) is 12.4 Å². The van der Waals surface area contributed by atoms with Gasteiger partial charge in [0.1, 0.15) is 0 Å². The molecular weight excluding hydrogens is 245 g/mol. The lowest BCUT2D eigenvalue weighted by Crippen LogP contribution is -1.95. The molecule has 0 aliphatic rings. The van der Waals surface area contributed by atoms with Gasteiger partial charge in [-0.2, -0.15) is 0 Å². The smallest absolute Gasteiger partial charge is 0.227 e. The summed E-state index contributed by atoms with van der Waals surface area (Å²) in [6.45, 7) is 0. The standard InChI is InChI=1S/C11H9Cl2N3/c12-5-8-1-3-10(4-2-8)16-11-14-6-9(13)7-15-11/h1-4,6-7H,5H2,(H,14,15,16). The van der Waals surface area contributed by atoms with Crippen molar-refractivity contribution < 1.29 is 0 Å². The van der Waals surface area contributed by atoms with Crippen LogP contribution in [0.2, 0.25) is 5.02 Å². The van der Waals surface area contributed by atoms with Gasteiger partial charge in [-0.05, 0) is 17.7 Å². The molecule has 2 aromatic rings. The largest absolute Gasteiger partial charge is 0.324 e. The summed E-state index contributed by atoms with van der Waals surface area (Å²) in [6, 6.07) is 7.75. The Morgan fingerprint density at radius 1 is 1.06 bits per heavy atom. The number of hydrogen-bond acceptors (Lipinski definition) is 3. The maximum absolute atomic E-state index is 5.70. The number of alkyl halides is 1. The number of aromatic nitrogens is 2. The zero-order chi connectivity index (χ0) is 11.4. The lowest BCUT2D eigenvalue weighted by molar-refractivity contribution is 1.17. The number of nitrogens with zero attached hydrogens (tertiary/aromatic N) is 2. The molecule has 1 aromatic heterocycles. The number of anilines is 2. The van der Waals surface area contributed by atoms with E-state index in [1.807, 2.05) is 24.3 Å². The number of nitrogens with one attached hydrogen (secondary N) is 1. The molecule has 0 aliphatic carbocycles. The van der Waals surface area contributed by atoms with E-state index in [0.717, 1.165) is 11.3 Å². The van der Waals surface area contributed by atoms with Crippen LogP contribution in [0, 0.1) is 0 Å². The lowest BCUT2D eigenvalue weighted by Gasteiger charge is -2.04. The number of benzene rings is 1. The van der Waals surface area contributed by atoms with Crippen LogP contribution in [0.25, 0.3) is 0 Å². The molecule has 16 heavy (non-hydrogen) atoms. The van der Waals surface area contributed by atoms with E-state index < -0.39 is 0 Å². The van der Waals surface area contributed by atoms with Gasteiger partial charge in [0.15, 0.2) is 0 Å². The molecule has 0 amide bonds. The SMILES string of the molecule is ClCc1ccc(Nc2ncc(Cl)cn2)cc1. The Balaban J connectivity index is 2.11. The summed E-state index contributed by atoms with van der Waals surface area (Å²) in [5, 5.41) is 3.58. The number of rotatable bonds is 3. The van der Waals surface area contributed by atoms with Crippen molar-refractivity contribution in [1.82, 2.24) is 9.97 Å². The molecule has 1 N–H and O–H groups in total. The van der Waals surface area contributed by atoms with Gasteiger partial charge < -0.3 is 5.32 Å². The Labute approximate surface area is 103 Å². The van der Waals surface area contributed by atoms with Crippen molar-refractivity contribution in [2.75, 3.05) is 5.32 Å². The number of halogens is 2. The third-order valence-electron chi connectivity index (χ3n) is 1.98. The summed E-state index contributed by atoms with van der Waals surface area (Å²) in [5.41, 5.74) is 1.99. The molecule has 1 aromatic carbocycles. The molecule has 82 valence electrons. The van der Waals surface area contributed by atoms with Crippen LogP contribution < -0.4 is 5.32 Å². The quantitative estimate of drug-likeness (QED) is 0.850. The third-order valence-corrected chi connectivity index (χ3v) is 2.49. The summed E-state index contributed by atoms with van der Waals surface area (Å²) >= 11 is 11.4. The van der Waals surface area contributed by atoms with Gasteiger partial charge in [-0.1, -0.05) is 23.7 Å². The molecule has 3 nitrogen and oxygen atoms in total. The van der Waals surface area contributed by atoms with Gasteiger partial charge in [0.25, 0.3) is 0 Å². The minimum absolute atomic E-state index is 0.512. The van der Waals surface area contributed by atoms with Gasteiger partial charge >= 0.3 is 0 Å². The molecule has 0 saturated heterocycles. The molecule has 1 heterocycles. The zero-order valence-corrected chi connectivity index (χ0v) is 9.83. The summed E-state index contributed by atoms with van der Waals surface area (Å²) in [6.07, 6.45) is 3.09. The topological polar surface area (TPSA) is 37.8 Å². The van der Waals surface area contributed by atoms with Gasteiger partial charge in [-0.3, -0.25) is 0 Å². The molecule has 0 fully saturated rings. The van der Waals surface area contributed by atoms with E-state index in [4.69, 9.17) is 23.2 Å². The number of hydrogen-bond donors (Lipinski definition) is 1. The zero-order valence-electron chi connectivity index (χ0n) is 8.32. The van der Waals surface area contributed by atoms with Crippen molar-refractivity contribution in [3.8, 4) is 0 Å². The van der Waals surface area contributed by atoms with Gasteiger partial charge in [0.05, 0.1) is 17.4 Å². The molecular formula is C11H9Cl2N3. The van der Waals surface area contributed by atoms with Crippen molar-refractivity contribution in [2.45, 2.75) is 5.88 Å². The second kappa shape index (κ2) is 5.14. The van der Waals surface area contributed by atoms with Crippen LogP contribution in [0.15, 0.2) is 36.7 Å². The van der Waals surface area contributed by atoms with Gasteiger partial charge in [0, 0.05) is 11.6 Å². The van der Waals surface area contributed by atoms with Gasteiger partial charge in [-0.15, -0.1) is 11.6 Å². The van der Waals surface area contributed by atoms with E-state index in [0.29, 0.717) is 16.9 Å². The molecule has 0 spiro atoms. The predicted octanol–water partition coefficient (Wildman–Crippen LogP) is 3.61. The van der Waals surface area contributed by atoms with Gasteiger partial charge in [-0.25, -0.2) is 9.97 Å². The monoisotopic (exact) mass is 253 g/mol. The molecule has 2 rings (SSSR count). The maximum atomic E-state index is 5.70. The van der Waals surface area contributed by atoms with Crippen molar-refractivity contribution in [2.24, 2.45) is 0 Å². The van der Waals surface area contributed by atoms with E-state index in [1.165, 1.54) is 0 Å². The fourth-order valence-electron chi connectivity index (χ4n) is 1.18. The van der Waals surface area contributed by atoms with Crippen LogP contribution in [0.1, 0.15) is 5.56 Å². The Kier molecular flexibility index (Phi) is 3.59. The van der Waals surface area contributed by atoms with Crippen LogP contribution in [0.4, 0.5) is 11.6 Å². The minimum atomic E-state index is 0.512. The molecule has 0 atom stereocenters. The summed E-state index contributed by atoms with van der Waals surface area (Å²) < 4.78 is 0. The van der Waals surface area contributed by atoms with Crippen molar-refractivity contribution >= 4 is 34.8 Å². The highest BCUT2D eigenvalue weighted by atomic mass is 35.5. The Bertz CT molecular complexity index is 454. The van der Waals surface area contributed by atoms with Crippen LogP contribution in [0.3, 0.4) is 0 Å². The minimum Gasteiger partial charge on any atom is -0.324 e. The first kappa shape index (κ1) is 11.2. The van der Waals surface area contributed by atoms with Crippen LogP contribution in [0.5, 0.6) is 0 Å². The molecule has 0 radical (unpaired) electrons. The van der Waals surface area contributed by atoms with Crippen LogP contribution in [-0.2, 0) is 5.88 Å². The highest BCUT2D eigenvalue weighted by Gasteiger charge is 1.97. The van der Waals surface area contributed by atoms with E-state index in [2.05, 4.69) is 15.3 Å². The Morgan fingerprint density at radius 2 is 1.69 bits per heavy atom. The summed E-state index contributed by atoms with van der Waals surface area (Å²) in [4.78, 5) is 8.07. The summed E-state index contributed by atoms with van der Waals surface area (Å²) in [7, 11) is 0. The first-order valence-electron chi connectivity index (χ1n) is 4.67. The van der Waals surface area contributed by atoms with Crippen molar-refractivity contribution in [3.63, 3.8) is 0 Å². The molecule has 0 unspecified atom stereocenters. The van der Waals surface area contributed by atoms with E-state index in [-0.39, 0.29) is 0 Å². The fraction of sp³-hybridized carbons (Fsp3) is 0.0909. The highest BCUT2D eigenvalue weighted by molar-refractivity contribution is 6.30. The van der Waals surface area contributed by atoms with Gasteiger partial charge in [0.2, 0.25) is 5.95 Å². The second-order valence-corrected chi connectivity index (χ2v) is 3.88. The van der Waals surface area contributed by atoms with Crippen molar-refractivity contribution in [3.05, 3.63) is 47.2 Å². The average molecular weight is 254 g/mol. The first-order valence-corrected chi connectivity index (χ1v) is 5.58. The Hall–Kier alpha value is -1.32. The van der Waals surface area contributed by atoms with Crippen LogP contribution in [-0.4, -0.2) is 9.97 Å². The Morgan fingerprint density at radius 3 is 2.25 bits per heavy atom. The van der Waals surface area contributed by atoms with E-state index >= 15 is 0 Å². The van der Waals surface area contributed by atoms with Crippen molar-refractivity contribution in [1.29, 1.82) is 0 Å².